The summed E-state index contributed by atoms with van der Waals surface area (Å²) in [5.74, 6) is -1.56. The van der Waals surface area contributed by atoms with Gasteiger partial charge in [0.1, 0.15) is 11.9 Å². The number of thiazole rings is 1. The Morgan fingerprint density at radius 1 is 1.21 bits per heavy atom. The van der Waals surface area contributed by atoms with Crippen molar-refractivity contribution in [3.05, 3.63) is 47.2 Å². The summed E-state index contributed by atoms with van der Waals surface area (Å²) in [6, 6.07) is 4.48. The Morgan fingerprint density at radius 2 is 1.91 bits per heavy atom. The maximum Gasteiger partial charge on any atom is 0.247 e. The second-order valence-electron chi connectivity index (χ2n) is 8.15. The highest BCUT2D eigenvalue weighted by Gasteiger charge is 2.33. The van der Waals surface area contributed by atoms with E-state index in [0.717, 1.165) is 0 Å². The highest BCUT2D eigenvalue weighted by molar-refractivity contribution is 7.13. The summed E-state index contributed by atoms with van der Waals surface area (Å²) >= 11 is 1.28. The molecule has 1 aromatic carbocycles. The smallest absolute Gasteiger partial charge is 0.247 e. The quantitative estimate of drug-likeness (QED) is 0.486. The summed E-state index contributed by atoms with van der Waals surface area (Å²) in [6.45, 7) is 6.04. The molecule has 0 aliphatic rings. The lowest BCUT2D eigenvalue weighted by Gasteiger charge is -2.34. The lowest BCUT2D eigenvalue weighted by molar-refractivity contribution is -0.142. The maximum atomic E-state index is 13.6. The molecule has 0 saturated carbocycles. The summed E-state index contributed by atoms with van der Waals surface area (Å²) in [5, 5.41) is 7.80. The fraction of sp³-hybridized carbons (Fsp3) is 0.478. The number of anilines is 1. The minimum Gasteiger partial charge on any atom is -0.383 e. The number of methoxy groups -OCH3 is 1. The zero-order chi connectivity index (χ0) is 24.4. The van der Waals surface area contributed by atoms with Crippen molar-refractivity contribution in [2.75, 3.05) is 25.6 Å². The SMILES string of the molecule is CCC(C)(C)NC(=O)[C@@H](c1ccc(F)cc1)N(CCOC)C(=O)CCC(=O)Nc1nccs1. The standard InChI is InChI=1S/C23H31FN4O4S/c1-5-23(2,3)27-21(31)20(16-6-8-17(24)9-7-16)28(13-14-32-4)19(30)11-10-18(29)26-22-25-12-15-33-22/h6-9,12,15,20H,5,10-11,13-14H2,1-4H3,(H,27,31)(H,25,26,29)/t20-/m1/s1. The molecule has 0 spiro atoms. The molecule has 0 fully saturated rings. The largest absolute Gasteiger partial charge is 0.383 e. The molecule has 10 heteroatoms. The van der Waals surface area contributed by atoms with Crippen molar-refractivity contribution >= 4 is 34.2 Å². The van der Waals surface area contributed by atoms with Crippen molar-refractivity contribution < 1.29 is 23.5 Å². The molecular formula is C23H31FN4O4S. The molecule has 33 heavy (non-hydrogen) atoms. The highest BCUT2D eigenvalue weighted by Crippen LogP contribution is 2.25. The number of nitrogens with zero attached hydrogens (tertiary/aromatic N) is 2. The number of benzene rings is 1. The topological polar surface area (TPSA) is 101 Å². The number of carbonyl (C=O) groups is 3. The van der Waals surface area contributed by atoms with Crippen molar-refractivity contribution in [3.63, 3.8) is 0 Å². The lowest BCUT2D eigenvalue weighted by Crippen LogP contribution is -2.51. The molecule has 8 nitrogen and oxygen atoms in total. The van der Waals surface area contributed by atoms with Gasteiger partial charge in [0, 0.05) is 43.6 Å². The van der Waals surface area contributed by atoms with Crippen LogP contribution in [0.25, 0.3) is 0 Å². The molecule has 1 heterocycles. The summed E-state index contributed by atoms with van der Waals surface area (Å²) in [4.78, 5) is 44.1. The lowest BCUT2D eigenvalue weighted by atomic mass is 9.98. The van der Waals surface area contributed by atoms with Gasteiger partial charge in [-0.05, 0) is 38.0 Å². The van der Waals surface area contributed by atoms with Gasteiger partial charge in [-0.1, -0.05) is 19.1 Å². The van der Waals surface area contributed by atoms with E-state index in [1.807, 2.05) is 20.8 Å². The van der Waals surface area contributed by atoms with Crippen LogP contribution in [-0.2, 0) is 19.1 Å². The van der Waals surface area contributed by atoms with Gasteiger partial charge < -0.3 is 20.3 Å². The van der Waals surface area contributed by atoms with E-state index in [4.69, 9.17) is 4.74 Å². The summed E-state index contributed by atoms with van der Waals surface area (Å²) in [5.41, 5.74) is -0.0312. The van der Waals surface area contributed by atoms with Crippen molar-refractivity contribution in [2.45, 2.75) is 51.6 Å². The molecule has 2 rings (SSSR count). The van der Waals surface area contributed by atoms with E-state index in [1.54, 1.807) is 11.6 Å². The van der Waals surface area contributed by atoms with E-state index in [-0.39, 0.29) is 43.7 Å². The van der Waals surface area contributed by atoms with E-state index in [0.29, 0.717) is 17.1 Å². The van der Waals surface area contributed by atoms with Gasteiger partial charge in [-0.3, -0.25) is 14.4 Å². The van der Waals surface area contributed by atoms with Crippen molar-refractivity contribution in [2.24, 2.45) is 0 Å². The summed E-state index contributed by atoms with van der Waals surface area (Å²) < 4.78 is 18.7. The molecule has 1 aromatic heterocycles. The molecule has 0 saturated heterocycles. The average molecular weight is 479 g/mol. The van der Waals surface area contributed by atoms with Crippen LogP contribution >= 0.6 is 11.3 Å². The van der Waals surface area contributed by atoms with E-state index >= 15 is 0 Å². The third-order valence-corrected chi connectivity index (χ3v) is 5.88. The van der Waals surface area contributed by atoms with E-state index < -0.39 is 17.4 Å². The Morgan fingerprint density at radius 3 is 2.48 bits per heavy atom. The average Bonchev–Trinajstić information content (AvgIpc) is 3.28. The van der Waals surface area contributed by atoms with Gasteiger partial charge in [0.25, 0.3) is 0 Å². The van der Waals surface area contributed by atoms with Crippen LogP contribution < -0.4 is 10.6 Å². The fourth-order valence-corrected chi connectivity index (χ4v) is 3.57. The van der Waals surface area contributed by atoms with Crippen molar-refractivity contribution in [1.29, 1.82) is 0 Å². The van der Waals surface area contributed by atoms with Crippen LogP contribution in [0, 0.1) is 5.82 Å². The molecule has 180 valence electrons. The Balaban J connectivity index is 2.25. The Kier molecular flexibility index (Phi) is 9.93. The second-order valence-corrected chi connectivity index (χ2v) is 9.04. The molecular weight excluding hydrogens is 447 g/mol. The first kappa shape index (κ1) is 26.4. The number of amides is 3. The van der Waals surface area contributed by atoms with Crippen LogP contribution in [0.2, 0.25) is 0 Å². The Hall–Kier alpha value is -2.85. The Bertz CT molecular complexity index is 919. The van der Waals surface area contributed by atoms with Crippen LogP contribution in [0.3, 0.4) is 0 Å². The van der Waals surface area contributed by atoms with Crippen LogP contribution in [0.5, 0.6) is 0 Å². The molecule has 0 aliphatic carbocycles. The summed E-state index contributed by atoms with van der Waals surface area (Å²) in [6.07, 6.45) is 2.07. The number of hydrogen-bond donors (Lipinski definition) is 2. The van der Waals surface area contributed by atoms with Gasteiger partial charge in [-0.2, -0.15) is 0 Å². The molecule has 0 aliphatic heterocycles. The minimum absolute atomic E-state index is 0.0693. The second kappa shape index (κ2) is 12.4. The number of rotatable bonds is 12. The van der Waals surface area contributed by atoms with E-state index in [1.165, 1.54) is 47.6 Å². The monoisotopic (exact) mass is 478 g/mol. The summed E-state index contributed by atoms with van der Waals surface area (Å²) in [7, 11) is 1.50. The predicted octanol–water partition coefficient (Wildman–Crippen LogP) is 3.52. The van der Waals surface area contributed by atoms with Gasteiger partial charge in [0.15, 0.2) is 5.13 Å². The minimum atomic E-state index is -0.999. The molecule has 1 atom stereocenters. The maximum absolute atomic E-state index is 13.6. The third-order valence-electron chi connectivity index (χ3n) is 5.19. The first-order chi connectivity index (χ1) is 15.7. The van der Waals surface area contributed by atoms with Gasteiger partial charge in [0.2, 0.25) is 17.7 Å². The number of halogens is 1. The molecule has 0 unspecified atom stereocenters. The van der Waals surface area contributed by atoms with Gasteiger partial charge in [0.05, 0.1) is 6.61 Å². The fourth-order valence-electron chi connectivity index (χ4n) is 3.03. The van der Waals surface area contributed by atoms with Crippen LogP contribution in [0.1, 0.15) is 51.6 Å². The zero-order valence-electron chi connectivity index (χ0n) is 19.4. The van der Waals surface area contributed by atoms with E-state index in [2.05, 4.69) is 15.6 Å². The Labute approximate surface area is 197 Å². The first-order valence-corrected chi connectivity index (χ1v) is 11.6. The number of aromatic nitrogens is 1. The number of nitrogens with one attached hydrogen (secondary N) is 2. The molecule has 2 aromatic rings. The van der Waals surface area contributed by atoms with Crippen molar-refractivity contribution in [3.8, 4) is 0 Å². The third kappa shape index (κ3) is 8.21. The van der Waals surface area contributed by atoms with E-state index in [9.17, 15) is 18.8 Å². The normalized spacial score (nSPS) is 12.2. The van der Waals surface area contributed by atoms with Gasteiger partial charge in [-0.25, -0.2) is 9.37 Å². The van der Waals surface area contributed by atoms with Crippen LogP contribution in [-0.4, -0.2) is 53.4 Å². The molecule has 2 N–H and O–H groups in total. The predicted molar refractivity (Wildman–Crippen MR) is 125 cm³/mol. The van der Waals surface area contributed by atoms with Gasteiger partial charge >= 0.3 is 0 Å². The molecule has 3 amide bonds. The first-order valence-electron chi connectivity index (χ1n) is 10.7. The number of hydrogen-bond acceptors (Lipinski definition) is 6. The molecule has 0 radical (unpaired) electrons. The number of ether oxygens (including phenoxy) is 1. The molecule has 0 bridgehead atoms. The van der Waals surface area contributed by atoms with Gasteiger partial charge in [-0.15, -0.1) is 11.3 Å². The van der Waals surface area contributed by atoms with Crippen LogP contribution in [0.15, 0.2) is 35.8 Å². The zero-order valence-corrected chi connectivity index (χ0v) is 20.2. The highest BCUT2D eigenvalue weighted by atomic mass is 32.1. The van der Waals surface area contributed by atoms with Crippen LogP contribution in [0.4, 0.5) is 9.52 Å². The number of carbonyl (C=O) groups excluding carboxylic acids is 3. The van der Waals surface area contributed by atoms with Crippen molar-refractivity contribution in [1.82, 2.24) is 15.2 Å².